The van der Waals surface area contributed by atoms with E-state index < -0.39 is 0 Å². The average molecular weight is 1560 g/mol. The van der Waals surface area contributed by atoms with E-state index >= 15 is 0 Å². The molecule has 0 amide bonds. The third-order valence-electron chi connectivity index (χ3n) is 26.2. The molecule has 3 heteroatoms. The summed E-state index contributed by atoms with van der Waals surface area (Å²) in [5.74, 6) is 0. The van der Waals surface area contributed by atoms with Crippen molar-refractivity contribution < 1.29 is 0 Å². The zero-order chi connectivity index (χ0) is 80.7. The fourth-order valence-corrected chi connectivity index (χ4v) is 20.9. The molecule has 0 bridgehead atoms. The molecule has 3 heterocycles. The first kappa shape index (κ1) is 69.9. The Kier molecular flexibility index (Phi) is 16.1. The molecule has 3 aromatic heterocycles. The van der Waals surface area contributed by atoms with Crippen LogP contribution >= 0.6 is 0 Å². The lowest BCUT2D eigenvalue weighted by Crippen LogP contribution is -1.96. The van der Waals surface area contributed by atoms with E-state index in [2.05, 4.69) is 469 Å². The number of nitrogens with zero attached hydrogens (tertiary/aromatic N) is 3. The van der Waals surface area contributed by atoms with Crippen molar-refractivity contribution in [1.82, 2.24) is 13.7 Å². The summed E-state index contributed by atoms with van der Waals surface area (Å²) in [6.07, 6.45) is 0. The summed E-state index contributed by atoms with van der Waals surface area (Å²) < 4.78 is 7.41. The van der Waals surface area contributed by atoms with E-state index in [1.807, 2.05) is 0 Å². The normalized spacial score (nSPS) is 11.9. The molecule has 0 spiro atoms. The van der Waals surface area contributed by atoms with Gasteiger partial charge in [0.15, 0.2) is 0 Å². The van der Waals surface area contributed by atoms with E-state index in [1.54, 1.807) is 0 Å². The first-order valence-corrected chi connectivity index (χ1v) is 42.6. The lowest BCUT2D eigenvalue weighted by molar-refractivity contribution is 1.18. The van der Waals surface area contributed by atoms with Gasteiger partial charge in [-0.05, 0) is 245 Å². The zero-order valence-electron chi connectivity index (χ0n) is 67.1. The van der Waals surface area contributed by atoms with Crippen molar-refractivity contribution in [1.29, 1.82) is 0 Å². The Bertz CT molecular complexity index is 8400. The van der Waals surface area contributed by atoms with Crippen LogP contribution in [0, 0.1) is 0 Å². The smallest absolute Gasteiger partial charge is 0.0548 e. The van der Waals surface area contributed by atoms with Crippen molar-refractivity contribution in [2.24, 2.45) is 0 Å². The van der Waals surface area contributed by atoms with Gasteiger partial charge in [-0.2, -0.15) is 0 Å². The van der Waals surface area contributed by atoms with Gasteiger partial charge < -0.3 is 13.7 Å². The molecule has 0 saturated carbocycles. The van der Waals surface area contributed by atoms with Gasteiger partial charge in [0.1, 0.15) is 0 Å². The first-order chi connectivity index (χ1) is 61.1. The Morgan fingerprint density at radius 1 is 0.106 bits per heavy atom. The van der Waals surface area contributed by atoms with E-state index in [1.165, 1.54) is 248 Å². The van der Waals surface area contributed by atoms with Gasteiger partial charge in [0.2, 0.25) is 0 Å². The van der Waals surface area contributed by atoms with Crippen LogP contribution in [-0.2, 0) is 0 Å². The monoisotopic (exact) mass is 1560 g/mol. The molecule has 0 N–H and O–H groups in total. The summed E-state index contributed by atoms with van der Waals surface area (Å²) in [5.41, 5.74) is 41.3. The maximum Gasteiger partial charge on any atom is 0.0548 e. The maximum atomic E-state index is 2.48. The summed E-state index contributed by atoms with van der Waals surface area (Å²) in [6, 6.07) is 166. The van der Waals surface area contributed by atoms with Gasteiger partial charge in [-0.15, -0.1) is 0 Å². The van der Waals surface area contributed by atoms with Crippen LogP contribution in [0.1, 0.15) is 0 Å². The van der Waals surface area contributed by atoms with Gasteiger partial charge >= 0.3 is 0 Å². The van der Waals surface area contributed by atoms with Crippen LogP contribution in [0.3, 0.4) is 0 Å². The molecule has 0 aliphatic heterocycles. The molecule has 24 aromatic rings. The minimum Gasteiger partial charge on any atom is -0.309 e. The summed E-state index contributed by atoms with van der Waals surface area (Å²) in [6.45, 7) is 0. The van der Waals surface area contributed by atoms with Crippen LogP contribution in [0.25, 0.3) is 248 Å². The van der Waals surface area contributed by atoms with Crippen molar-refractivity contribution in [3.05, 3.63) is 455 Å². The van der Waals surface area contributed by atoms with Gasteiger partial charge in [-0.25, -0.2) is 0 Å². The van der Waals surface area contributed by atoms with Gasteiger partial charge in [0, 0.05) is 49.4 Å². The highest BCUT2D eigenvalue weighted by molar-refractivity contribution is 6.33. The molecule has 0 radical (unpaired) electrons. The topological polar surface area (TPSA) is 14.8 Å². The van der Waals surface area contributed by atoms with Crippen LogP contribution in [-0.4, -0.2) is 13.7 Å². The summed E-state index contributed by atoms with van der Waals surface area (Å²) in [4.78, 5) is 0. The number of hydrogen-bond acceptors (Lipinski definition) is 0. The Balaban J connectivity index is 0.000000101. The minimum absolute atomic E-state index is 1.17. The Labute approximate surface area is 712 Å². The number of aromatic nitrogens is 3. The molecule has 0 fully saturated rings. The maximum absolute atomic E-state index is 2.48. The number of fused-ring (bicyclic) bond motifs is 9. The SMILES string of the molecule is c1ccc(-c2cc(-c3ccccc3)cc(-n3c4cccc5c4c4c6c(cccc6ccc43)-c3ccccc3-5)c2)cc1.c1ccc(-c2ccc(-c3cccc(-n4c5cccc6c5c5c7c(cccc7ccc54)-c4ccccc4-6)c3)cc2)cc1.c1ccc(-c2ccccc2-c2cccc(-n3c4cccc5c4c4c6c(cccc6ccc43)-c3ccccc3-5)c2)cc1. The molecule has 0 atom stereocenters. The van der Waals surface area contributed by atoms with Crippen molar-refractivity contribution in [3.63, 3.8) is 0 Å². The number of rotatable bonds is 9. The molecule has 21 aromatic carbocycles. The Hall–Kier alpha value is -16.2. The predicted octanol–water partition coefficient (Wildman–Crippen LogP) is 32.8. The quantitative estimate of drug-likeness (QED) is 0.137. The fraction of sp³-hybridized carbons (Fsp3) is 0. The van der Waals surface area contributed by atoms with E-state index in [0.717, 1.165) is 0 Å². The Morgan fingerprint density at radius 3 is 0.715 bits per heavy atom. The van der Waals surface area contributed by atoms with E-state index in [9.17, 15) is 0 Å². The van der Waals surface area contributed by atoms with Crippen molar-refractivity contribution >= 4 is 97.7 Å². The Morgan fingerprint density at radius 2 is 0.341 bits per heavy atom. The largest absolute Gasteiger partial charge is 0.309 e. The highest BCUT2D eigenvalue weighted by Crippen LogP contribution is 2.55. The van der Waals surface area contributed by atoms with E-state index in [4.69, 9.17) is 0 Å². The molecule has 0 unspecified atom stereocenters. The van der Waals surface area contributed by atoms with Crippen LogP contribution < -0.4 is 0 Å². The lowest BCUT2D eigenvalue weighted by Gasteiger charge is -2.16. The van der Waals surface area contributed by atoms with Crippen LogP contribution in [0.5, 0.6) is 0 Å². The highest BCUT2D eigenvalue weighted by atomic mass is 15.0. The van der Waals surface area contributed by atoms with Gasteiger partial charge in [-0.3, -0.25) is 0 Å². The lowest BCUT2D eigenvalue weighted by atomic mass is 9.93. The van der Waals surface area contributed by atoms with Gasteiger partial charge in [0.05, 0.1) is 33.1 Å². The molecule has 27 rings (SSSR count). The second kappa shape index (κ2) is 28.3. The van der Waals surface area contributed by atoms with Crippen LogP contribution in [0.15, 0.2) is 455 Å². The van der Waals surface area contributed by atoms with Gasteiger partial charge in [-0.1, -0.05) is 376 Å². The fourth-order valence-electron chi connectivity index (χ4n) is 20.9. The third-order valence-corrected chi connectivity index (χ3v) is 26.2. The second-order valence-corrected chi connectivity index (χ2v) is 32.8. The molecule has 123 heavy (non-hydrogen) atoms. The number of benzene rings is 21. The summed E-state index contributed by atoms with van der Waals surface area (Å²) in [7, 11) is 0. The van der Waals surface area contributed by atoms with E-state index in [-0.39, 0.29) is 0 Å². The molecular formula is C120H75N3. The highest BCUT2D eigenvalue weighted by Gasteiger charge is 2.30. The van der Waals surface area contributed by atoms with Crippen molar-refractivity contribution in [2.45, 2.75) is 0 Å². The molecule has 3 nitrogen and oxygen atoms in total. The summed E-state index contributed by atoms with van der Waals surface area (Å²) in [5, 5.41) is 15.9. The molecular weight excluding hydrogens is 1480 g/mol. The number of hydrogen-bond donors (Lipinski definition) is 0. The second-order valence-electron chi connectivity index (χ2n) is 32.8. The first-order valence-electron chi connectivity index (χ1n) is 42.6. The molecule has 0 saturated heterocycles. The van der Waals surface area contributed by atoms with Crippen LogP contribution in [0.2, 0.25) is 0 Å². The molecule has 3 aliphatic rings. The standard InChI is InChI=1S/3C40H25N/c1-3-11-26(12-4-1)29-23-30(27-13-5-2-6-14-27)25-31(24-29)41-36-20-10-19-35-33-17-8-7-16-32(33)34-18-9-15-28-21-22-37(41)40(38(28)34)39(35)36;1-2-9-26(10-3-1)27-19-21-28(22-20-27)30-12-6-13-31(25-30)41-36-18-8-17-35-33-15-5-4-14-32(33)34-16-7-11-29-23-24-37(41)40(38(29)34)39(35)36;1-2-11-26(12-3-1)30-16-4-5-17-31(30)28-14-8-15-29(25-28)41-36-22-10-21-35-33-19-7-6-18-32(33)34-20-9-13-27-23-24-37(41)40(38(27)34)39(35)36/h3*1-25H. The van der Waals surface area contributed by atoms with E-state index in [0.29, 0.717) is 0 Å². The zero-order valence-corrected chi connectivity index (χ0v) is 67.1. The van der Waals surface area contributed by atoms with Crippen molar-refractivity contribution in [3.8, 4) is 151 Å². The predicted molar refractivity (Wildman–Crippen MR) is 521 cm³/mol. The molecule has 570 valence electrons. The van der Waals surface area contributed by atoms with Gasteiger partial charge in [0.25, 0.3) is 0 Å². The van der Waals surface area contributed by atoms with Crippen molar-refractivity contribution in [2.75, 3.05) is 0 Å². The van der Waals surface area contributed by atoms with Crippen LogP contribution in [0.4, 0.5) is 0 Å². The minimum atomic E-state index is 1.17. The average Bonchev–Trinajstić information content (AvgIpc) is 1.55. The summed E-state index contributed by atoms with van der Waals surface area (Å²) >= 11 is 0. The molecule has 3 aliphatic carbocycles. The third kappa shape index (κ3) is 11.1.